The molecular weight excluding hydrogens is 338 g/mol. The zero-order valence-corrected chi connectivity index (χ0v) is 16.2. The minimum absolute atomic E-state index is 0.152. The van der Waals surface area contributed by atoms with Crippen molar-refractivity contribution in [3.8, 4) is 11.5 Å². The quantitative estimate of drug-likeness (QED) is 0.565. The van der Waals surface area contributed by atoms with Crippen LogP contribution in [0, 0.1) is 0 Å². The summed E-state index contributed by atoms with van der Waals surface area (Å²) in [5.41, 5.74) is 2.66. The van der Waals surface area contributed by atoms with Crippen LogP contribution in [0.3, 0.4) is 0 Å². The second-order valence-electron chi connectivity index (χ2n) is 6.92. The standard InChI is InChI=1S/C23H25NO3/c1-5-24-18-15-20(26-4)21(22-17(18)13-14-23(2,3)27-22)19(25)12-11-16-9-7-6-8-10-16/h6-15,24H,5H2,1-4H3/b12-11+. The molecular formula is C23H25NO3. The molecule has 0 saturated carbocycles. The number of hydrogen-bond donors (Lipinski definition) is 1. The fraction of sp³-hybridized carbons (Fsp3) is 0.261. The van der Waals surface area contributed by atoms with Crippen LogP contribution in [0.1, 0.15) is 42.3 Å². The van der Waals surface area contributed by atoms with E-state index in [2.05, 4.69) is 5.32 Å². The molecule has 2 aromatic rings. The van der Waals surface area contributed by atoms with Crippen molar-refractivity contribution in [3.63, 3.8) is 0 Å². The first-order valence-corrected chi connectivity index (χ1v) is 9.09. The first-order chi connectivity index (χ1) is 12.9. The van der Waals surface area contributed by atoms with Crippen LogP contribution in [-0.4, -0.2) is 25.0 Å². The molecule has 4 heteroatoms. The summed E-state index contributed by atoms with van der Waals surface area (Å²) in [6.07, 6.45) is 7.37. The SMILES string of the molecule is CCNc1cc(OC)c(C(=O)/C=C/c2ccccc2)c2c1C=CC(C)(C)O2. The summed E-state index contributed by atoms with van der Waals surface area (Å²) in [5, 5.41) is 3.32. The van der Waals surface area contributed by atoms with Gasteiger partial charge in [0.05, 0.1) is 7.11 Å². The van der Waals surface area contributed by atoms with Gasteiger partial charge in [-0.25, -0.2) is 0 Å². The van der Waals surface area contributed by atoms with Gasteiger partial charge >= 0.3 is 0 Å². The highest BCUT2D eigenvalue weighted by Crippen LogP contribution is 2.43. The summed E-state index contributed by atoms with van der Waals surface area (Å²) >= 11 is 0. The first kappa shape index (κ1) is 18.8. The first-order valence-electron chi connectivity index (χ1n) is 9.09. The number of carbonyl (C=O) groups excluding carboxylic acids is 1. The molecule has 0 aliphatic carbocycles. The van der Waals surface area contributed by atoms with Gasteiger partial charge in [-0.3, -0.25) is 4.79 Å². The molecule has 0 amide bonds. The highest BCUT2D eigenvalue weighted by molar-refractivity contribution is 6.12. The molecule has 1 aliphatic rings. The second-order valence-corrected chi connectivity index (χ2v) is 6.92. The molecule has 0 spiro atoms. The Labute approximate surface area is 160 Å². The molecule has 3 rings (SSSR count). The van der Waals surface area contributed by atoms with Crippen molar-refractivity contribution >= 4 is 23.6 Å². The minimum atomic E-state index is -0.499. The van der Waals surface area contributed by atoms with E-state index in [-0.39, 0.29) is 5.78 Å². The molecule has 27 heavy (non-hydrogen) atoms. The van der Waals surface area contributed by atoms with Crippen molar-refractivity contribution in [1.82, 2.24) is 0 Å². The maximum Gasteiger partial charge on any atom is 0.193 e. The number of ether oxygens (including phenoxy) is 2. The van der Waals surface area contributed by atoms with Crippen LogP contribution in [0.5, 0.6) is 11.5 Å². The smallest absolute Gasteiger partial charge is 0.193 e. The predicted octanol–water partition coefficient (Wildman–Crippen LogP) is 5.21. The van der Waals surface area contributed by atoms with Crippen LogP contribution in [0.15, 0.2) is 48.6 Å². The van der Waals surface area contributed by atoms with E-state index in [0.717, 1.165) is 23.4 Å². The maximum atomic E-state index is 13.1. The third-order valence-corrected chi connectivity index (χ3v) is 4.36. The van der Waals surface area contributed by atoms with Crippen LogP contribution in [0.2, 0.25) is 0 Å². The molecule has 2 aromatic carbocycles. The normalized spacial score (nSPS) is 14.5. The Kier molecular flexibility index (Phi) is 5.36. The van der Waals surface area contributed by atoms with Crippen molar-refractivity contribution in [2.75, 3.05) is 19.0 Å². The van der Waals surface area contributed by atoms with Crippen molar-refractivity contribution in [3.05, 3.63) is 65.2 Å². The lowest BCUT2D eigenvalue weighted by molar-refractivity contribution is 0.103. The second kappa shape index (κ2) is 7.70. The molecule has 0 bridgehead atoms. The summed E-state index contributed by atoms with van der Waals surface area (Å²) in [6, 6.07) is 11.6. The molecule has 1 heterocycles. The highest BCUT2D eigenvalue weighted by atomic mass is 16.5. The van der Waals surface area contributed by atoms with E-state index in [1.165, 1.54) is 0 Å². The Hall–Kier alpha value is -3.01. The average molecular weight is 363 g/mol. The van der Waals surface area contributed by atoms with E-state index >= 15 is 0 Å². The number of rotatable bonds is 6. The Morgan fingerprint density at radius 2 is 2.00 bits per heavy atom. The van der Waals surface area contributed by atoms with Gasteiger partial charge < -0.3 is 14.8 Å². The number of carbonyl (C=O) groups is 1. The van der Waals surface area contributed by atoms with E-state index in [1.54, 1.807) is 19.3 Å². The third kappa shape index (κ3) is 4.05. The molecule has 0 atom stereocenters. The van der Waals surface area contributed by atoms with Crippen molar-refractivity contribution in [1.29, 1.82) is 0 Å². The molecule has 0 unspecified atom stereocenters. The lowest BCUT2D eigenvalue weighted by atomic mass is 9.95. The van der Waals surface area contributed by atoms with Gasteiger partial charge in [-0.05, 0) is 44.6 Å². The fourth-order valence-corrected chi connectivity index (χ4v) is 3.05. The predicted molar refractivity (Wildman–Crippen MR) is 111 cm³/mol. The minimum Gasteiger partial charge on any atom is -0.496 e. The van der Waals surface area contributed by atoms with E-state index < -0.39 is 5.60 Å². The van der Waals surface area contributed by atoms with E-state index in [4.69, 9.17) is 9.47 Å². The van der Waals surface area contributed by atoms with Gasteiger partial charge in [0.1, 0.15) is 22.7 Å². The lowest BCUT2D eigenvalue weighted by Crippen LogP contribution is -2.29. The van der Waals surface area contributed by atoms with Crippen LogP contribution < -0.4 is 14.8 Å². The van der Waals surface area contributed by atoms with Crippen LogP contribution in [0.4, 0.5) is 5.69 Å². The zero-order valence-electron chi connectivity index (χ0n) is 16.2. The van der Waals surface area contributed by atoms with Crippen molar-refractivity contribution < 1.29 is 14.3 Å². The van der Waals surface area contributed by atoms with Gasteiger partial charge in [-0.1, -0.05) is 36.4 Å². The largest absolute Gasteiger partial charge is 0.496 e. The number of hydrogen-bond acceptors (Lipinski definition) is 4. The van der Waals surface area contributed by atoms with Gasteiger partial charge in [0.2, 0.25) is 0 Å². The van der Waals surface area contributed by atoms with Crippen LogP contribution in [-0.2, 0) is 0 Å². The van der Waals surface area contributed by atoms with Gasteiger partial charge in [-0.2, -0.15) is 0 Å². The number of benzene rings is 2. The number of methoxy groups -OCH3 is 1. The number of fused-ring (bicyclic) bond motifs is 1. The van der Waals surface area contributed by atoms with Crippen molar-refractivity contribution in [2.24, 2.45) is 0 Å². The molecule has 0 fully saturated rings. The summed E-state index contributed by atoms with van der Waals surface area (Å²) < 4.78 is 11.7. The molecule has 0 saturated heterocycles. The molecule has 140 valence electrons. The highest BCUT2D eigenvalue weighted by Gasteiger charge is 2.30. The monoisotopic (exact) mass is 363 g/mol. The Balaban J connectivity index is 2.10. The zero-order chi connectivity index (χ0) is 19.4. The van der Waals surface area contributed by atoms with E-state index in [9.17, 15) is 4.79 Å². The molecule has 1 N–H and O–H groups in total. The number of anilines is 1. The lowest BCUT2D eigenvalue weighted by Gasteiger charge is -2.31. The average Bonchev–Trinajstić information content (AvgIpc) is 2.65. The summed E-state index contributed by atoms with van der Waals surface area (Å²) in [4.78, 5) is 13.1. The Morgan fingerprint density at radius 3 is 2.67 bits per heavy atom. The van der Waals surface area contributed by atoms with Gasteiger partial charge in [0.15, 0.2) is 5.78 Å². The van der Waals surface area contributed by atoms with Crippen molar-refractivity contribution in [2.45, 2.75) is 26.4 Å². The summed E-state index contributed by atoms with van der Waals surface area (Å²) in [7, 11) is 1.57. The number of allylic oxidation sites excluding steroid dienone is 1. The summed E-state index contributed by atoms with van der Waals surface area (Å²) in [6.45, 7) is 6.71. The van der Waals surface area contributed by atoms with Crippen LogP contribution >= 0.6 is 0 Å². The topological polar surface area (TPSA) is 47.6 Å². The molecule has 0 aromatic heterocycles. The fourth-order valence-electron chi connectivity index (χ4n) is 3.05. The number of nitrogens with one attached hydrogen (secondary N) is 1. The molecule has 1 aliphatic heterocycles. The van der Waals surface area contributed by atoms with Crippen LogP contribution in [0.25, 0.3) is 12.2 Å². The van der Waals surface area contributed by atoms with E-state index in [0.29, 0.717) is 17.1 Å². The van der Waals surface area contributed by atoms with Gasteiger partial charge in [0, 0.05) is 23.9 Å². The third-order valence-electron chi connectivity index (χ3n) is 4.36. The Morgan fingerprint density at radius 1 is 1.26 bits per heavy atom. The number of ketones is 1. The van der Waals surface area contributed by atoms with Gasteiger partial charge in [-0.15, -0.1) is 0 Å². The molecule has 4 nitrogen and oxygen atoms in total. The summed E-state index contributed by atoms with van der Waals surface area (Å²) in [5.74, 6) is 0.903. The van der Waals surface area contributed by atoms with Gasteiger partial charge in [0.25, 0.3) is 0 Å². The molecule has 0 radical (unpaired) electrons. The maximum absolute atomic E-state index is 13.1. The van der Waals surface area contributed by atoms with E-state index in [1.807, 2.05) is 69.3 Å². The Bertz CT molecular complexity index is 896.